The summed E-state index contributed by atoms with van der Waals surface area (Å²) < 4.78 is 11.8. The monoisotopic (exact) mass is 242 g/mol. The topological polar surface area (TPSA) is 92.3 Å². The van der Waals surface area contributed by atoms with Crippen molar-refractivity contribution in [3.8, 4) is 0 Å². The van der Waals surface area contributed by atoms with Gasteiger partial charge in [-0.3, -0.25) is 4.68 Å². The number of carbonyl (C=O) groups excluding carboxylic acids is 1. The van der Waals surface area contributed by atoms with E-state index in [4.69, 9.17) is 15.2 Å². The number of carbonyl (C=O) groups is 1. The lowest BCUT2D eigenvalue weighted by atomic mass is 10.4. The van der Waals surface area contributed by atoms with Crippen LogP contribution in [-0.4, -0.2) is 46.8 Å². The third kappa shape index (κ3) is 4.49. The van der Waals surface area contributed by atoms with Crippen LogP contribution in [-0.2, 0) is 16.0 Å². The predicted octanol–water partition coefficient (Wildman–Crippen LogP) is -0.181. The molecule has 0 radical (unpaired) electrons. The second-order valence-electron chi connectivity index (χ2n) is 3.53. The first-order chi connectivity index (χ1) is 8.17. The maximum atomic E-state index is 11.6. The number of aromatic nitrogens is 3. The van der Waals surface area contributed by atoms with Crippen LogP contribution in [0.1, 0.15) is 24.3 Å². The highest BCUT2D eigenvalue weighted by Crippen LogP contribution is 2.01. The average Bonchev–Trinajstić information content (AvgIpc) is 2.75. The fourth-order valence-corrected chi connectivity index (χ4v) is 1.19. The molecule has 0 aliphatic carbocycles. The molecule has 0 aliphatic heterocycles. The average molecular weight is 242 g/mol. The number of hydrogen-bond donors (Lipinski definition) is 1. The van der Waals surface area contributed by atoms with E-state index >= 15 is 0 Å². The van der Waals surface area contributed by atoms with Crippen molar-refractivity contribution in [3.05, 3.63) is 11.9 Å². The van der Waals surface area contributed by atoms with Crippen molar-refractivity contribution in [2.24, 2.45) is 5.73 Å². The van der Waals surface area contributed by atoms with Gasteiger partial charge >= 0.3 is 5.97 Å². The molecule has 0 saturated heterocycles. The molecule has 1 rings (SSSR count). The Morgan fingerprint density at radius 2 is 2.41 bits per heavy atom. The predicted molar refractivity (Wildman–Crippen MR) is 60.4 cm³/mol. The fourth-order valence-electron chi connectivity index (χ4n) is 1.19. The summed E-state index contributed by atoms with van der Waals surface area (Å²) in [6.07, 6.45) is 1.21. The van der Waals surface area contributed by atoms with Gasteiger partial charge in [0, 0.05) is 13.2 Å². The third-order valence-corrected chi connectivity index (χ3v) is 1.97. The molecule has 7 heteroatoms. The molecule has 0 amide bonds. The van der Waals surface area contributed by atoms with E-state index < -0.39 is 5.97 Å². The minimum Gasteiger partial charge on any atom is -0.455 e. The number of hydrogen-bond acceptors (Lipinski definition) is 6. The van der Waals surface area contributed by atoms with E-state index in [9.17, 15) is 4.79 Å². The van der Waals surface area contributed by atoms with Crippen LogP contribution in [0.4, 0.5) is 0 Å². The van der Waals surface area contributed by atoms with Gasteiger partial charge in [-0.25, -0.2) is 4.79 Å². The van der Waals surface area contributed by atoms with Gasteiger partial charge in [-0.2, -0.15) is 0 Å². The molecule has 0 bridgehead atoms. The standard InChI is InChI=1S/C10H18N4O3/c1-3-16-7-8(2)17-10(15)9-6-14(5-4-11)13-12-9/h6,8H,3-5,7,11H2,1-2H3. The largest absolute Gasteiger partial charge is 0.455 e. The van der Waals surface area contributed by atoms with Gasteiger partial charge in [0.05, 0.1) is 19.3 Å². The van der Waals surface area contributed by atoms with Crippen LogP contribution < -0.4 is 5.73 Å². The first-order valence-corrected chi connectivity index (χ1v) is 5.56. The molecule has 96 valence electrons. The Labute approximate surface area is 99.9 Å². The fraction of sp³-hybridized carbons (Fsp3) is 0.700. The highest BCUT2D eigenvalue weighted by molar-refractivity contribution is 5.86. The molecular weight excluding hydrogens is 224 g/mol. The summed E-state index contributed by atoms with van der Waals surface area (Å²) in [5.74, 6) is -0.500. The summed E-state index contributed by atoms with van der Waals surface area (Å²) in [6, 6.07) is 0. The second kappa shape index (κ2) is 6.97. The summed E-state index contributed by atoms with van der Waals surface area (Å²) in [5.41, 5.74) is 5.54. The maximum Gasteiger partial charge on any atom is 0.360 e. The molecule has 1 aromatic heterocycles. The zero-order valence-electron chi connectivity index (χ0n) is 10.1. The van der Waals surface area contributed by atoms with Crippen LogP contribution in [0.25, 0.3) is 0 Å². The van der Waals surface area contributed by atoms with Gasteiger partial charge in [0.2, 0.25) is 0 Å². The summed E-state index contributed by atoms with van der Waals surface area (Å²) in [5, 5.41) is 7.46. The molecule has 17 heavy (non-hydrogen) atoms. The van der Waals surface area contributed by atoms with Gasteiger partial charge in [-0.05, 0) is 13.8 Å². The van der Waals surface area contributed by atoms with Crippen molar-refractivity contribution in [3.63, 3.8) is 0 Å². The number of esters is 1. The molecule has 1 heterocycles. The summed E-state index contributed by atoms with van der Waals surface area (Å²) in [7, 11) is 0. The van der Waals surface area contributed by atoms with Crippen LogP contribution in [0.5, 0.6) is 0 Å². The maximum absolute atomic E-state index is 11.6. The van der Waals surface area contributed by atoms with Gasteiger partial charge in [0.25, 0.3) is 0 Å². The smallest absolute Gasteiger partial charge is 0.360 e. The molecule has 7 nitrogen and oxygen atoms in total. The minimum atomic E-state index is -0.500. The van der Waals surface area contributed by atoms with E-state index in [-0.39, 0.29) is 11.8 Å². The number of ether oxygens (including phenoxy) is 2. The highest BCUT2D eigenvalue weighted by Gasteiger charge is 2.15. The summed E-state index contributed by atoms with van der Waals surface area (Å²) in [6.45, 7) is 5.58. The summed E-state index contributed by atoms with van der Waals surface area (Å²) >= 11 is 0. The molecule has 2 N–H and O–H groups in total. The van der Waals surface area contributed by atoms with E-state index in [1.165, 1.54) is 10.9 Å². The first kappa shape index (κ1) is 13.6. The lowest BCUT2D eigenvalue weighted by molar-refractivity contribution is 0.00386. The van der Waals surface area contributed by atoms with E-state index in [2.05, 4.69) is 10.3 Å². The SMILES string of the molecule is CCOCC(C)OC(=O)c1cn(CCN)nn1. The quantitative estimate of drug-likeness (QED) is 0.667. The molecule has 0 fully saturated rings. The van der Waals surface area contributed by atoms with E-state index in [0.717, 1.165) is 0 Å². The van der Waals surface area contributed by atoms with Crippen molar-refractivity contribution >= 4 is 5.97 Å². The van der Waals surface area contributed by atoms with Crippen LogP contribution >= 0.6 is 0 Å². The van der Waals surface area contributed by atoms with Crippen LogP contribution in [0.2, 0.25) is 0 Å². The normalized spacial score (nSPS) is 12.4. The van der Waals surface area contributed by atoms with Crippen molar-refractivity contribution < 1.29 is 14.3 Å². The van der Waals surface area contributed by atoms with Crippen LogP contribution in [0, 0.1) is 0 Å². The lowest BCUT2D eigenvalue weighted by Crippen LogP contribution is -2.20. The number of nitrogens with zero attached hydrogens (tertiary/aromatic N) is 3. The third-order valence-electron chi connectivity index (χ3n) is 1.97. The van der Waals surface area contributed by atoms with Gasteiger partial charge in [-0.1, -0.05) is 5.21 Å². The van der Waals surface area contributed by atoms with E-state index in [1.807, 2.05) is 6.92 Å². The van der Waals surface area contributed by atoms with Crippen LogP contribution in [0.15, 0.2) is 6.20 Å². The van der Waals surface area contributed by atoms with Gasteiger partial charge in [0.15, 0.2) is 5.69 Å². The Bertz CT molecular complexity index is 353. The zero-order valence-corrected chi connectivity index (χ0v) is 10.1. The first-order valence-electron chi connectivity index (χ1n) is 5.56. The van der Waals surface area contributed by atoms with Crippen molar-refractivity contribution in [1.82, 2.24) is 15.0 Å². The molecule has 0 aromatic carbocycles. The summed E-state index contributed by atoms with van der Waals surface area (Å²) in [4.78, 5) is 11.6. The molecule has 1 aromatic rings. The Kier molecular flexibility index (Phi) is 5.58. The molecular formula is C10H18N4O3. The Balaban J connectivity index is 2.45. The molecule has 0 spiro atoms. The van der Waals surface area contributed by atoms with Gasteiger partial charge in [-0.15, -0.1) is 5.10 Å². The zero-order chi connectivity index (χ0) is 12.7. The van der Waals surface area contributed by atoms with E-state index in [0.29, 0.717) is 26.3 Å². The van der Waals surface area contributed by atoms with Crippen molar-refractivity contribution in [2.75, 3.05) is 19.8 Å². The Hall–Kier alpha value is -1.47. The molecule has 0 saturated carbocycles. The number of nitrogens with two attached hydrogens (primary N) is 1. The molecule has 1 unspecified atom stereocenters. The highest BCUT2D eigenvalue weighted by atomic mass is 16.6. The Morgan fingerprint density at radius 3 is 3.06 bits per heavy atom. The molecule has 0 aliphatic rings. The van der Waals surface area contributed by atoms with Gasteiger partial charge < -0.3 is 15.2 Å². The van der Waals surface area contributed by atoms with E-state index in [1.54, 1.807) is 6.92 Å². The Morgan fingerprint density at radius 1 is 1.65 bits per heavy atom. The second-order valence-corrected chi connectivity index (χ2v) is 3.53. The lowest BCUT2D eigenvalue weighted by Gasteiger charge is -2.11. The van der Waals surface area contributed by atoms with Crippen molar-refractivity contribution in [1.29, 1.82) is 0 Å². The van der Waals surface area contributed by atoms with Crippen LogP contribution in [0.3, 0.4) is 0 Å². The number of rotatable bonds is 7. The van der Waals surface area contributed by atoms with Gasteiger partial charge in [0.1, 0.15) is 6.10 Å². The van der Waals surface area contributed by atoms with Crippen molar-refractivity contribution in [2.45, 2.75) is 26.5 Å². The minimum absolute atomic E-state index is 0.182. The molecule has 1 atom stereocenters.